The first-order valence-electron chi connectivity index (χ1n) is 10.8. The first-order chi connectivity index (χ1) is 16.0. The van der Waals surface area contributed by atoms with Gasteiger partial charge in [-0.15, -0.1) is 0 Å². The van der Waals surface area contributed by atoms with E-state index in [1.54, 1.807) is 4.90 Å². The van der Waals surface area contributed by atoms with Crippen molar-refractivity contribution in [3.05, 3.63) is 63.7 Å². The number of nitrogens with zero attached hydrogens (tertiary/aromatic N) is 3. The molecule has 2 aromatic carbocycles. The van der Waals surface area contributed by atoms with E-state index in [0.29, 0.717) is 19.6 Å². The Kier molecular flexibility index (Phi) is 7.55. The summed E-state index contributed by atoms with van der Waals surface area (Å²) < 4.78 is 29.8. The molecule has 1 heterocycles. The molecule has 11 heteroatoms. The molecule has 0 aliphatic carbocycles. The number of piperazine rings is 1. The summed E-state index contributed by atoms with van der Waals surface area (Å²) in [5.74, 6) is -2.45. The third kappa shape index (κ3) is 5.53. The molecule has 1 aliphatic heterocycles. The van der Waals surface area contributed by atoms with Gasteiger partial charge in [0.15, 0.2) is 15.6 Å². The fourth-order valence-electron chi connectivity index (χ4n) is 4.01. The van der Waals surface area contributed by atoms with Gasteiger partial charge in [0.25, 0.3) is 11.6 Å². The third-order valence-electron chi connectivity index (χ3n) is 5.60. The Bertz CT molecular complexity index is 1210. The van der Waals surface area contributed by atoms with Crippen molar-refractivity contribution in [3.8, 4) is 0 Å². The topological polar surface area (TPSA) is 127 Å². The Labute approximate surface area is 198 Å². The van der Waals surface area contributed by atoms with Gasteiger partial charge in [0, 0.05) is 43.0 Å². The molecule has 1 aliphatic rings. The van der Waals surface area contributed by atoms with Gasteiger partial charge in [-0.3, -0.25) is 19.7 Å². The van der Waals surface area contributed by atoms with E-state index in [-0.39, 0.29) is 18.2 Å². The zero-order valence-corrected chi connectivity index (χ0v) is 20.1. The first-order valence-corrected chi connectivity index (χ1v) is 12.5. The number of anilines is 1. The van der Waals surface area contributed by atoms with Crippen LogP contribution in [0.5, 0.6) is 0 Å². The van der Waals surface area contributed by atoms with Crippen molar-refractivity contribution in [2.24, 2.45) is 0 Å². The van der Waals surface area contributed by atoms with Crippen molar-refractivity contribution >= 4 is 33.1 Å². The third-order valence-corrected chi connectivity index (χ3v) is 7.23. The molecule has 1 saturated heterocycles. The Balaban J connectivity index is 1.81. The van der Waals surface area contributed by atoms with Gasteiger partial charge in [-0.2, -0.15) is 0 Å². The minimum atomic E-state index is -4.32. The molecule has 0 unspecified atom stereocenters. The molecule has 0 bridgehead atoms. The number of nitro groups is 1. The van der Waals surface area contributed by atoms with E-state index in [4.69, 9.17) is 0 Å². The van der Waals surface area contributed by atoms with Crippen molar-refractivity contribution < 1.29 is 27.7 Å². The van der Waals surface area contributed by atoms with E-state index >= 15 is 0 Å². The van der Waals surface area contributed by atoms with E-state index in [1.807, 2.05) is 32.0 Å². The quantitative estimate of drug-likeness (QED) is 0.330. The van der Waals surface area contributed by atoms with Gasteiger partial charge in [-0.05, 0) is 50.6 Å². The summed E-state index contributed by atoms with van der Waals surface area (Å²) in [5, 5.41) is 11.6. The van der Waals surface area contributed by atoms with Gasteiger partial charge < -0.3 is 14.5 Å². The van der Waals surface area contributed by atoms with Crippen LogP contribution in [0, 0.1) is 17.0 Å². The average molecular weight is 490 g/mol. The number of ether oxygens (including phenoxy) is 1. The van der Waals surface area contributed by atoms with E-state index in [0.717, 1.165) is 23.4 Å². The number of rotatable bonds is 7. The normalized spacial score (nSPS) is 16.3. The summed E-state index contributed by atoms with van der Waals surface area (Å²) in [7, 11) is -4.32. The molecular weight excluding hydrogens is 462 g/mol. The number of sulfone groups is 1. The van der Waals surface area contributed by atoms with Crippen LogP contribution in [-0.2, 0) is 19.4 Å². The molecular formula is C23H27N3O7S. The second kappa shape index (κ2) is 10.2. The molecule has 34 heavy (non-hydrogen) atoms. The molecule has 3 rings (SSSR count). The van der Waals surface area contributed by atoms with Gasteiger partial charge in [-0.1, -0.05) is 12.1 Å². The minimum Gasteiger partial charge on any atom is -0.465 e. The predicted octanol–water partition coefficient (Wildman–Crippen LogP) is 2.59. The van der Waals surface area contributed by atoms with Gasteiger partial charge >= 0.3 is 5.97 Å². The molecule has 2 aromatic rings. The van der Waals surface area contributed by atoms with E-state index < -0.39 is 43.0 Å². The van der Waals surface area contributed by atoms with Gasteiger partial charge in [-0.25, -0.2) is 8.42 Å². The van der Waals surface area contributed by atoms with E-state index in [2.05, 4.69) is 15.7 Å². The summed E-state index contributed by atoms with van der Waals surface area (Å²) in [6.07, 6.45) is 0. The van der Waals surface area contributed by atoms with Crippen molar-refractivity contribution in [1.29, 1.82) is 0 Å². The monoisotopic (exact) mass is 489 g/mol. The molecule has 1 fully saturated rings. The SMILES string of the molecule is CCOC(=O)CS(=O)(=O)c1ccc(C(=O)N2CCN(c3cccc(C)c3)[C@H](C)C2)cc1[N+](=O)[O-]. The molecule has 0 radical (unpaired) electrons. The second-order valence-electron chi connectivity index (χ2n) is 8.14. The lowest BCUT2D eigenvalue weighted by atomic mass is 10.1. The highest BCUT2D eigenvalue weighted by molar-refractivity contribution is 7.92. The summed E-state index contributed by atoms with van der Waals surface area (Å²) >= 11 is 0. The highest BCUT2D eigenvalue weighted by Crippen LogP contribution is 2.28. The maximum absolute atomic E-state index is 13.1. The summed E-state index contributed by atoms with van der Waals surface area (Å²) in [6, 6.07) is 11.3. The van der Waals surface area contributed by atoms with Gasteiger partial charge in [0.05, 0.1) is 11.5 Å². The van der Waals surface area contributed by atoms with Crippen LogP contribution >= 0.6 is 0 Å². The Hall–Kier alpha value is -3.47. The number of hydrogen-bond acceptors (Lipinski definition) is 8. The Morgan fingerprint density at radius 1 is 1.18 bits per heavy atom. The molecule has 1 atom stereocenters. The zero-order chi connectivity index (χ0) is 25.0. The van der Waals surface area contributed by atoms with Crippen LogP contribution in [0.2, 0.25) is 0 Å². The maximum atomic E-state index is 13.1. The van der Waals surface area contributed by atoms with Crippen LogP contribution in [0.3, 0.4) is 0 Å². The lowest BCUT2D eigenvalue weighted by Crippen LogP contribution is -2.53. The van der Waals surface area contributed by atoms with Crippen LogP contribution in [-0.4, -0.2) is 68.2 Å². The van der Waals surface area contributed by atoms with E-state index in [1.165, 1.54) is 13.0 Å². The number of hydrogen-bond donors (Lipinski definition) is 0. The molecule has 10 nitrogen and oxygen atoms in total. The van der Waals surface area contributed by atoms with Crippen molar-refractivity contribution in [2.75, 3.05) is 36.9 Å². The van der Waals surface area contributed by atoms with Crippen LogP contribution in [0.25, 0.3) is 0 Å². The number of aryl methyl sites for hydroxylation is 1. The largest absolute Gasteiger partial charge is 0.465 e. The number of amides is 1. The van der Waals surface area contributed by atoms with Crippen molar-refractivity contribution in [2.45, 2.75) is 31.7 Å². The van der Waals surface area contributed by atoms with Crippen LogP contribution in [0.1, 0.15) is 29.8 Å². The number of carbonyl (C=O) groups is 2. The highest BCUT2D eigenvalue weighted by Gasteiger charge is 2.32. The fourth-order valence-corrected chi connectivity index (χ4v) is 5.28. The number of nitro benzene ring substituents is 1. The van der Waals surface area contributed by atoms with Gasteiger partial charge in [0.1, 0.15) is 4.90 Å². The number of esters is 1. The lowest BCUT2D eigenvalue weighted by molar-refractivity contribution is -0.387. The zero-order valence-electron chi connectivity index (χ0n) is 19.3. The molecule has 1 amide bonds. The van der Waals surface area contributed by atoms with Crippen LogP contribution in [0.15, 0.2) is 47.4 Å². The fraction of sp³-hybridized carbons (Fsp3) is 0.391. The highest BCUT2D eigenvalue weighted by atomic mass is 32.2. The average Bonchev–Trinajstić information content (AvgIpc) is 2.77. The van der Waals surface area contributed by atoms with E-state index in [9.17, 15) is 28.1 Å². The van der Waals surface area contributed by atoms with Crippen molar-refractivity contribution in [1.82, 2.24) is 4.90 Å². The van der Waals surface area contributed by atoms with Crippen LogP contribution < -0.4 is 4.90 Å². The molecule has 0 N–H and O–H groups in total. The minimum absolute atomic E-state index is 0.0120. The number of carbonyl (C=O) groups excluding carboxylic acids is 2. The smallest absolute Gasteiger partial charge is 0.321 e. The van der Waals surface area contributed by atoms with Crippen molar-refractivity contribution in [3.63, 3.8) is 0 Å². The first kappa shape index (κ1) is 25.2. The summed E-state index contributed by atoms with van der Waals surface area (Å²) in [6.45, 7) is 6.92. The summed E-state index contributed by atoms with van der Waals surface area (Å²) in [5.41, 5.74) is 1.46. The predicted molar refractivity (Wildman–Crippen MR) is 126 cm³/mol. The molecule has 0 aromatic heterocycles. The molecule has 182 valence electrons. The standard InChI is InChI=1S/C23H27N3O7S/c1-4-33-22(27)15-34(31,32)21-9-8-18(13-20(21)26(29)30)23(28)24-10-11-25(17(3)14-24)19-7-5-6-16(2)12-19/h5-9,12-13,17H,4,10-11,14-15H2,1-3H3/t17-/m1/s1. The molecule has 0 saturated carbocycles. The molecule has 0 spiro atoms. The Morgan fingerprint density at radius 2 is 1.91 bits per heavy atom. The number of benzene rings is 2. The summed E-state index contributed by atoms with van der Waals surface area (Å²) in [4.78, 5) is 38.6. The van der Waals surface area contributed by atoms with Gasteiger partial charge in [0.2, 0.25) is 0 Å². The lowest BCUT2D eigenvalue weighted by Gasteiger charge is -2.41. The maximum Gasteiger partial charge on any atom is 0.321 e. The second-order valence-corrected chi connectivity index (χ2v) is 10.1. The van der Waals surface area contributed by atoms with Crippen LogP contribution in [0.4, 0.5) is 11.4 Å². The Morgan fingerprint density at radius 3 is 2.53 bits per heavy atom.